The normalized spacial score (nSPS) is 11.7. The van der Waals surface area contributed by atoms with E-state index in [1.165, 1.54) is 18.9 Å². The Bertz CT molecular complexity index is 658. The molecule has 0 saturated carbocycles. The van der Waals surface area contributed by atoms with Gasteiger partial charge in [0.15, 0.2) is 0 Å². The summed E-state index contributed by atoms with van der Waals surface area (Å²) in [6, 6.07) is 16.5. The molecule has 0 N–H and O–H groups in total. The second-order valence-electron chi connectivity index (χ2n) is 4.91. The van der Waals surface area contributed by atoms with E-state index in [-0.39, 0.29) is 22.7 Å². The van der Waals surface area contributed by atoms with Crippen molar-refractivity contribution in [3.8, 4) is 0 Å². The number of hydrogen-bond donors (Lipinski definition) is 0. The Morgan fingerprint density at radius 2 is 1.83 bits per heavy atom. The summed E-state index contributed by atoms with van der Waals surface area (Å²) in [4.78, 5) is 22.0. The average molecular weight is 331 g/mol. The van der Waals surface area contributed by atoms with Crippen LogP contribution in [0.1, 0.15) is 26.7 Å². The molecule has 0 aliphatic rings. The molecule has 0 unspecified atom stereocenters. The summed E-state index contributed by atoms with van der Waals surface area (Å²) in [5.74, 6) is 0.259. The molecule has 0 saturated heterocycles. The molecule has 2 aromatic carbocycles. The van der Waals surface area contributed by atoms with E-state index in [2.05, 4.69) is 4.74 Å². The number of carbonyl (C=O) groups excluding carboxylic acids is 1. The molecular weight excluding hydrogens is 314 g/mol. The van der Waals surface area contributed by atoms with E-state index in [4.69, 9.17) is 0 Å². The van der Waals surface area contributed by atoms with Gasteiger partial charge in [0, 0.05) is 10.7 Å². The first-order valence-corrected chi connectivity index (χ1v) is 8.10. The summed E-state index contributed by atoms with van der Waals surface area (Å²) < 4.78 is 4.66. The number of thioether (sulfide) groups is 1. The van der Waals surface area contributed by atoms with Gasteiger partial charge in [-0.1, -0.05) is 42.5 Å². The quantitative estimate of drug-likeness (QED) is 0.439. The Labute approximate surface area is 138 Å². The third kappa shape index (κ3) is 5.10. The second-order valence-corrected chi connectivity index (χ2v) is 6.11. The highest BCUT2D eigenvalue weighted by molar-refractivity contribution is 7.98. The van der Waals surface area contributed by atoms with Crippen molar-refractivity contribution in [2.24, 2.45) is 0 Å². The van der Waals surface area contributed by atoms with E-state index >= 15 is 0 Å². The van der Waals surface area contributed by atoms with Crippen LogP contribution in [0.4, 0.5) is 0 Å². The van der Waals surface area contributed by atoms with Crippen LogP contribution in [0.15, 0.2) is 54.6 Å². The van der Waals surface area contributed by atoms with Crippen molar-refractivity contribution in [1.29, 1.82) is 0 Å². The number of ether oxygens (including phenoxy) is 1. The highest BCUT2D eigenvalue weighted by Crippen LogP contribution is 2.31. The fraction of sp³-hybridized carbons (Fsp3) is 0.235. The highest BCUT2D eigenvalue weighted by Gasteiger charge is 2.18. The van der Waals surface area contributed by atoms with Gasteiger partial charge in [0.2, 0.25) is 6.54 Å². The molecule has 0 fully saturated rings. The maximum atomic E-state index is 11.4. The summed E-state index contributed by atoms with van der Waals surface area (Å²) in [5, 5.41) is 10.7. The Balaban J connectivity index is 2.03. The first kappa shape index (κ1) is 17.0. The fourth-order valence-electron chi connectivity index (χ4n) is 2.11. The van der Waals surface area contributed by atoms with Gasteiger partial charge >= 0.3 is 5.97 Å². The van der Waals surface area contributed by atoms with E-state index in [0.29, 0.717) is 11.3 Å². The van der Waals surface area contributed by atoms with E-state index in [1.807, 2.05) is 42.5 Å². The number of esters is 1. The SMILES string of the molecule is COC(=O)c1ccc(CS[C@H](C[N+](=O)[O-])c2ccccc2)cc1. The standard InChI is InChI=1S/C17H17NO4S/c1-22-17(19)15-9-7-13(8-10-15)12-23-16(11-18(20)21)14-5-3-2-4-6-14/h2-10,16H,11-12H2,1H3/t16-/m1/s1. The largest absolute Gasteiger partial charge is 0.465 e. The molecule has 0 radical (unpaired) electrons. The maximum Gasteiger partial charge on any atom is 0.337 e. The van der Waals surface area contributed by atoms with Crippen LogP contribution in [0, 0.1) is 10.1 Å². The van der Waals surface area contributed by atoms with Gasteiger partial charge in [-0.2, -0.15) is 0 Å². The minimum absolute atomic E-state index is 0.116. The lowest BCUT2D eigenvalue weighted by Gasteiger charge is -2.13. The van der Waals surface area contributed by atoms with Crippen LogP contribution in [0.3, 0.4) is 0 Å². The number of benzene rings is 2. The van der Waals surface area contributed by atoms with Gasteiger partial charge in [-0.3, -0.25) is 10.1 Å². The van der Waals surface area contributed by atoms with E-state index in [1.54, 1.807) is 12.1 Å². The molecule has 0 bridgehead atoms. The zero-order valence-electron chi connectivity index (χ0n) is 12.7. The Kier molecular flexibility index (Phi) is 6.17. The summed E-state index contributed by atoms with van der Waals surface area (Å²) in [6.45, 7) is -0.116. The van der Waals surface area contributed by atoms with Crippen molar-refractivity contribution in [2.45, 2.75) is 11.0 Å². The number of carbonyl (C=O) groups is 1. The van der Waals surface area contributed by atoms with Crippen LogP contribution < -0.4 is 0 Å². The zero-order chi connectivity index (χ0) is 16.7. The summed E-state index contributed by atoms with van der Waals surface area (Å²) in [5.41, 5.74) is 2.44. The Morgan fingerprint density at radius 3 is 2.39 bits per heavy atom. The van der Waals surface area contributed by atoms with Gasteiger partial charge in [-0.15, -0.1) is 11.8 Å². The number of methoxy groups -OCH3 is 1. The predicted octanol–water partition coefficient (Wildman–Crippen LogP) is 3.72. The molecule has 0 aliphatic carbocycles. The van der Waals surface area contributed by atoms with Crippen molar-refractivity contribution in [3.05, 3.63) is 81.4 Å². The van der Waals surface area contributed by atoms with Crippen molar-refractivity contribution in [3.63, 3.8) is 0 Å². The van der Waals surface area contributed by atoms with Gasteiger partial charge in [0.25, 0.3) is 0 Å². The van der Waals surface area contributed by atoms with E-state index in [0.717, 1.165) is 11.1 Å². The van der Waals surface area contributed by atoms with Crippen molar-refractivity contribution >= 4 is 17.7 Å². The molecular formula is C17H17NO4S. The van der Waals surface area contributed by atoms with Crippen LogP contribution >= 0.6 is 11.8 Å². The van der Waals surface area contributed by atoms with E-state index < -0.39 is 0 Å². The van der Waals surface area contributed by atoms with Gasteiger partial charge in [-0.25, -0.2) is 4.79 Å². The smallest absolute Gasteiger partial charge is 0.337 e. The number of nitro groups is 1. The van der Waals surface area contributed by atoms with Crippen LogP contribution in [0.5, 0.6) is 0 Å². The van der Waals surface area contributed by atoms with Crippen LogP contribution in [0.25, 0.3) is 0 Å². The third-order valence-electron chi connectivity index (χ3n) is 3.31. The molecule has 6 heteroatoms. The Hall–Kier alpha value is -2.34. The van der Waals surface area contributed by atoms with Crippen molar-refractivity contribution in [1.82, 2.24) is 0 Å². The van der Waals surface area contributed by atoms with Gasteiger partial charge in [-0.05, 0) is 23.3 Å². The minimum Gasteiger partial charge on any atom is -0.465 e. The zero-order valence-corrected chi connectivity index (χ0v) is 13.5. The average Bonchev–Trinajstić information content (AvgIpc) is 2.59. The molecule has 23 heavy (non-hydrogen) atoms. The molecule has 0 aliphatic heterocycles. The minimum atomic E-state index is -0.375. The van der Waals surface area contributed by atoms with Gasteiger partial charge in [0.05, 0.1) is 17.9 Å². The first-order valence-electron chi connectivity index (χ1n) is 7.05. The lowest BCUT2D eigenvalue weighted by molar-refractivity contribution is -0.479. The highest BCUT2D eigenvalue weighted by atomic mass is 32.2. The van der Waals surface area contributed by atoms with Gasteiger partial charge in [0.1, 0.15) is 0 Å². The topological polar surface area (TPSA) is 69.4 Å². The fourth-order valence-corrected chi connectivity index (χ4v) is 3.27. The number of rotatable bonds is 7. The molecule has 2 rings (SSSR count). The summed E-state index contributed by atoms with van der Waals surface area (Å²) >= 11 is 1.52. The number of nitrogens with zero attached hydrogens (tertiary/aromatic N) is 1. The monoisotopic (exact) mass is 331 g/mol. The summed E-state index contributed by atoms with van der Waals surface area (Å²) in [7, 11) is 1.34. The maximum absolute atomic E-state index is 11.4. The molecule has 2 aromatic rings. The molecule has 5 nitrogen and oxygen atoms in total. The number of hydrogen-bond acceptors (Lipinski definition) is 5. The molecule has 0 amide bonds. The lowest BCUT2D eigenvalue weighted by atomic mass is 10.1. The van der Waals surface area contributed by atoms with Crippen LogP contribution in [0.2, 0.25) is 0 Å². The van der Waals surface area contributed by atoms with Crippen molar-refractivity contribution in [2.75, 3.05) is 13.7 Å². The third-order valence-corrected chi connectivity index (χ3v) is 4.64. The van der Waals surface area contributed by atoms with Crippen LogP contribution in [-0.4, -0.2) is 24.5 Å². The molecule has 1 atom stereocenters. The second kappa shape index (κ2) is 8.33. The lowest BCUT2D eigenvalue weighted by Crippen LogP contribution is -2.10. The van der Waals surface area contributed by atoms with E-state index in [9.17, 15) is 14.9 Å². The molecule has 0 spiro atoms. The van der Waals surface area contributed by atoms with Crippen LogP contribution in [-0.2, 0) is 10.5 Å². The predicted molar refractivity (Wildman–Crippen MR) is 90.1 cm³/mol. The van der Waals surface area contributed by atoms with Gasteiger partial charge < -0.3 is 4.74 Å². The molecule has 0 heterocycles. The Morgan fingerprint density at radius 1 is 1.17 bits per heavy atom. The molecule has 120 valence electrons. The summed E-state index contributed by atoms with van der Waals surface area (Å²) in [6.07, 6.45) is 0. The molecule has 0 aromatic heterocycles. The first-order chi connectivity index (χ1) is 11.1. The van der Waals surface area contributed by atoms with Crippen molar-refractivity contribution < 1.29 is 14.5 Å².